The van der Waals surface area contributed by atoms with Gasteiger partial charge < -0.3 is 16.0 Å². The van der Waals surface area contributed by atoms with Crippen molar-refractivity contribution < 1.29 is 4.79 Å². The Hall–Kier alpha value is -1.02. The molecular formula is C16H26ClIN4O. The summed E-state index contributed by atoms with van der Waals surface area (Å²) in [5.74, 6) is 0.712. The summed E-state index contributed by atoms with van der Waals surface area (Å²) in [7, 11) is 0. The van der Waals surface area contributed by atoms with E-state index in [1.54, 1.807) is 0 Å². The van der Waals surface area contributed by atoms with Crippen LogP contribution in [0.25, 0.3) is 0 Å². The van der Waals surface area contributed by atoms with E-state index in [0.29, 0.717) is 30.5 Å². The van der Waals surface area contributed by atoms with Crippen molar-refractivity contribution >= 4 is 47.4 Å². The van der Waals surface area contributed by atoms with Gasteiger partial charge in [-0.25, -0.2) is 4.99 Å². The van der Waals surface area contributed by atoms with Gasteiger partial charge in [0.05, 0.1) is 6.54 Å². The van der Waals surface area contributed by atoms with E-state index in [4.69, 9.17) is 11.6 Å². The van der Waals surface area contributed by atoms with Crippen molar-refractivity contribution in [2.24, 2.45) is 4.99 Å². The molecule has 1 aromatic carbocycles. The molecule has 0 aliphatic carbocycles. The number of carbonyl (C=O) groups excluding carboxylic acids is 1. The molecule has 0 spiro atoms. The Morgan fingerprint density at radius 1 is 1.26 bits per heavy atom. The largest absolute Gasteiger partial charge is 0.357 e. The Bertz CT molecular complexity index is 509. The van der Waals surface area contributed by atoms with Crippen molar-refractivity contribution in [3.63, 3.8) is 0 Å². The summed E-state index contributed by atoms with van der Waals surface area (Å²) < 4.78 is 0. The van der Waals surface area contributed by atoms with Crippen LogP contribution < -0.4 is 16.0 Å². The summed E-state index contributed by atoms with van der Waals surface area (Å²) >= 11 is 6.12. The predicted octanol–water partition coefficient (Wildman–Crippen LogP) is 2.93. The van der Waals surface area contributed by atoms with Crippen LogP contribution in [-0.2, 0) is 11.3 Å². The van der Waals surface area contributed by atoms with Crippen LogP contribution in [0.4, 0.5) is 0 Å². The third-order valence-corrected chi connectivity index (χ3v) is 3.17. The molecule has 0 saturated carbocycles. The Morgan fingerprint density at radius 3 is 2.57 bits per heavy atom. The summed E-state index contributed by atoms with van der Waals surface area (Å²) in [4.78, 5) is 16.1. The standard InChI is InChI=1S/C16H25ClN4O.HI/c1-4-18-16(19-10-9-15(22)21-12(2)3)20-11-13-7-5-6-8-14(13)17;/h5-8,12H,4,9-11H2,1-3H3,(H,21,22)(H2,18,19,20);1H. The van der Waals surface area contributed by atoms with Crippen LogP contribution in [0.1, 0.15) is 32.8 Å². The van der Waals surface area contributed by atoms with Gasteiger partial charge in [-0.15, -0.1) is 24.0 Å². The molecule has 5 nitrogen and oxygen atoms in total. The molecule has 23 heavy (non-hydrogen) atoms. The lowest BCUT2D eigenvalue weighted by Gasteiger charge is -2.12. The van der Waals surface area contributed by atoms with Crippen LogP contribution in [0, 0.1) is 0 Å². The molecule has 1 aromatic rings. The van der Waals surface area contributed by atoms with Gasteiger partial charge in [-0.1, -0.05) is 29.8 Å². The van der Waals surface area contributed by atoms with Crippen LogP contribution >= 0.6 is 35.6 Å². The predicted molar refractivity (Wildman–Crippen MR) is 108 cm³/mol. The number of carbonyl (C=O) groups is 1. The number of nitrogens with one attached hydrogen (secondary N) is 3. The third kappa shape index (κ3) is 9.65. The lowest BCUT2D eigenvalue weighted by molar-refractivity contribution is -0.121. The lowest BCUT2D eigenvalue weighted by atomic mass is 10.2. The molecule has 3 N–H and O–H groups in total. The van der Waals surface area contributed by atoms with E-state index in [1.165, 1.54) is 0 Å². The van der Waals surface area contributed by atoms with Crippen LogP contribution in [0.3, 0.4) is 0 Å². The zero-order valence-corrected chi connectivity index (χ0v) is 16.9. The highest BCUT2D eigenvalue weighted by molar-refractivity contribution is 14.0. The van der Waals surface area contributed by atoms with Crippen LogP contribution in [0.2, 0.25) is 5.02 Å². The smallest absolute Gasteiger partial charge is 0.221 e. The Kier molecular flexibility index (Phi) is 11.9. The number of benzene rings is 1. The van der Waals surface area contributed by atoms with Crippen LogP contribution in [-0.4, -0.2) is 31.0 Å². The van der Waals surface area contributed by atoms with Gasteiger partial charge in [-0.05, 0) is 32.4 Å². The highest BCUT2D eigenvalue weighted by Crippen LogP contribution is 2.15. The van der Waals surface area contributed by atoms with E-state index >= 15 is 0 Å². The molecule has 0 heterocycles. The maximum atomic E-state index is 11.6. The van der Waals surface area contributed by atoms with Crippen LogP contribution in [0.15, 0.2) is 29.3 Å². The Morgan fingerprint density at radius 2 is 1.96 bits per heavy atom. The van der Waals surface area contributed by atoms with E-state index in [0.717, 1.165) is 12.1 Å². The van der Waals surface area contributed by atoms with Gasteiger partial charge in [0, 0.05) is 30.6 Å². The molecule has 0 aromatic heterocycles. The monoisotopic (exact) mass is 452 g/mol. The summed E-state index contributed by atoms with van der Waals surface area (Å²) in [6.45, 7) is 7.67. The lowest BCUT2D eigenvalue weighted by Crippen LogP contribution is -2.40. The second kappa shape index (κ2) is 12.4. The molecule has 1 rings (SSSR count). The fraction of sp³-hybridized carbons (Fsp3) is 0.500. The van der Waals surface area contributed by atoms with Crippen molar-refractivity contribution in [1.29, 1.82) is 0 Å². The molecule has 0 fully saturated rings. The zero-order chi connectivity index (χ0) is 16.4. The van der Waals surface area contributed by atoms with Crippen molar-refractivity contribution in [1.82, 2.24) is 16.0 Å². The van der Waals surface area contributed by atoms with E-state index in [1.807, 2.05) is 45.0 Å². The number of amides is 1. The molecule has 0 bridgehead atoms. The van der Waals surface area contributed by atoms with Gasteiger partial charge in [0.25, 0.3) is 0 Å². The molecule has 130 valence electrons. The second-order valence-corrected chi connectivity index (χ2v) is 5.59. The number of aliphatic imine (C=N–C) groups is 1. The average Bonchev–Trinajstić information content (AvgIpc) is 2.45. The van der Waals surface area contributed by atoms with E-state index < -0.39 is 0 Å². The minimum Gasteiger partial charge on any atom is -0.357 e. The molecule has 0 saturated heterocycles. The first kappa shape index (κ1) is 22.0. The minimum absolute atomic E-state index is 0. The number of hydrogen-bond donors (Lipinski definition) is 3. The van der Waals surface area contributed by atoms with Gasteiger partial charge in [-0.3, -0.25) is 4.79 Å². The quantitative estimate of drug-likeness (QED) is 0.339. The minimum atomic E-state index is 0. The molecule has 7 heteroatoms. The van der Waals surface area contributed by atoms with E-state index in [-0.39, 0.29) is 35.9 Å². The van der Waals surface area contributed by atoms with Crippen molar-refractivity contribution in [3.8, 4) is 0 Å². The molecule has 0 atom stereocenters. The highest BCUT2D eigenvalue weighted by Gasteiger charge is 2.04. The molecule has 0 radical (unpaired) electrons. The van der Waals surface area contributed by atoms with Gasteiger partial charge in [0.2, 0.25) is 5.91 Å². The summed E-state index contributed by atoms with van der Waals surface area (Å²) in [6.07, 6.45) is 0.411. The van der Waals surface area contributed by atoms with Gasteiger partial charge in [-0.2, -0.15) is 0 Å². The molecule has 0 aliphatic rings. The maximum absolute atomic E-state index is 11.6. The molecule has 0 aliphatic heterocycles. The highest BCUT2D eigenvalue weighted by atomic mass is 127. The van der Waals surface area contributed by atoms with Gasteiger partial charge >= 0.3 is 0 Å². The fourth-order valence-corrected chi connectivity index (χ4v) is 2.02. The van der Waals surface area contributed by atoms with E-state index in [9.17, 15) is 4.79 Å². The summed E-state index contributed by atoms with van der Waals surface area (Å²) in [5, 5.41) is 9.86. The van der Waals surface area contributed by atoms with Gasteiger partial charge in [0.1, 0.15) is 0 Å². The molecule has 0 unspecified atom stereocenters. The number of rotatable bonds is 7. The number of guanidine groups is 1. The summed E-state index contributed by atoms with van der Waals surface area (Å²) in [5.41, 5.74) is 0.971. The molecular weight excluding hydrogens is 427 g/mol. The summed E-state index contributed by atoms with van der Waals surface area (Å²) in [6, 6.07) is 7.79. The number of hydrogen-bond acceptors (Lipinski definition) is 2. The average molecular weight is 453 g/mol. The Balaban J connectivity index is 0.00000484. The van der Waals surface area contributed by atoms with Gasteiger partial charge in [0.15, 0.2) is 5.96 Å². The number of nitrogens with zero attached hydrogens (tertiary/aromatic N) is 1. The topological polar surface area (TPSA) is 65.5 Å². The second-order valence-electron chi connectivity index (χ2n) is 5.19. The van der Waals surface area contributed by atoms with Crippen molar-refractivity contribution in [2.75, 3.05) is 13.1 Å². The first-order chi connectivity index (χ1) is 10.5. The van der Waals surface area contributed by atoms with Crippen molar-refractivity contribution in [3.05, 3.63) is 34.9 Å². The zero-order valence-electron chi connectivity index (χ0n) is 13.9. The number of halogens is 2. The van der Waals surface area contributed by atoms with Crippen LogP contribution in [0.5, 0.6) is 0 Å². The Labute approximate surface area is 160 Å². The first-order valence-electron chi connectivity index (χ1n) is 7.57. The first-order valence-corrected chi connectivity index (χ1v) is 7.95. The fourth-order valence-electron chi connectivity index (χ4n) is 1.82. The van der Waals surface area contributed by atoms with E-state index in [2.05, 4.69) is 20.9 Å². The SMILES string of the molecule is CCNC(=NCc1ccccc1Cl)NCCC(=O)NC(C)C.I. The normalized spacial score (nSPS) is 10.9. The third-order valence-electron chi connectivity index (χ3n) is 2.80. The van der Waals surface area contributed by atoms with Crippen molar-refractivity contribution in [2.45, 2.75) is 39.8 Å². The maximum Gasteiger partial charge on any atom is 0.221 e. The molecule has 1 amide bonds.